The van der Waals surface area contributed by atoms with Gasteiger partial charge < -0.3 is 19.9 Å². The van der Waals surface area contributed by atoms with Crippen molar-refractivity contribution in [3.05, 3.63) is 36.4 Å². The summed E-state index contributed by atoms with van der Waals surface area (Å²) < 4.78 is 74.7. The number of benzene rings is 1. The van der Waals surface area contributed by atoms with E-state index in [0.29, 0.717) is 37.5 Å². The monoisotopic (exact) mass is 846 g/mol. The molecule has 1 aromatic carbocycles. The molecule has 1 aromatic heterocycles. The number of carbonyl (C=O) groups is 4. The van der Waals surface area contributed by atoms with E-state index in [2.05, 4.69) is 20.2 Å². The number of fused-ring (bicyclic) bond motifs is 3. The fourth-order valence-corrected chi connectivity index (χ4v) is 9.87. The molecular weight excluding hydrogens is 791 g/mol. The Labute approximate surface area is 343 Å². The topological polar surface area (TPSA) is 197 Å². The summed E-state index contributed by atoms with van der Waals surface area (Å²) in [6.07, 6.45) is 3.84. The van der Waals surface area contributed by atoms with E-state index < -0.39 is 92.2 Å². The number of sulfonamides is 1. The Hall–Kier alpha value is -4.61. The van der Waals surface area contributed by atoms with Crippen LogP contribution in [0.2, 0.25) is 0 Å². The van der Waals surface area contributed by atoms with Crippen molar-refractivity contribution >= 4 is 44.6 Å². The quantitative estimate of drug-likeness (QED) is 0.183. The highest BCUT2D eigenvalue weighted by Crippen LogP contribution is 2.51. The summed E-state index contributed by atoms with van der Waals surface area (Å²) in [5.41, 5.74) is -4.51. The molecule has 2 saturated carbocycles. The van der Waals surface area contributed by atoms with E-state index in [-0.39, 0.29) is 53.8 Å². The molecule has 8 atom stereocenters. The maximum atomic E-state index is 17.7. The molecule has 4 aliphatic rings. The lowest BCUT2D eigenvalue weighted by atomic mass is 9.83. The Balaban J connectivity index is 1.49. The lowest BCUT2D eigenvalue weighted by Gasteiger charge is -2.43. The second kappa shape index (κ2) is 16.1. The van der Waals surface area contributed by atoms with Gasteiger partial charge in [-0.05, 0) is 96.6 Å². The van der Waals surface area contributed by atoms with Crippen molar-refractivity contribution in [3.8, 4) is 11.8 Å². The van der Waals surface area contributed by atoms with Gasteiger partial charge in [0, 0.05) is 18.4 Å². The van der Waals surface area contributed by atoms with Crippen LogP contribution in [0.3, 0.4) is 0 Å². The summed E-state index contributed by atoms with van der Waals surface area (Å²) in [5.74, 6) is -5.17. The molecule has 1 saturated heterocycles. The third-order valence-corrected chi connectivity index (χ3v) is 15.1. The van der Waals surface area contributed by atoms with E-state index >= 15 is 13.6 Å². The molecule has 3 N–H and O–H groups in total. The zero-order valence-corrected chi connectivity index (χ0v) is 35.5. The van der Waals surface area contributed by atoms with Crippen molar-refractivity contribution in [1.29, 1.82) is 0 Å². The number of hydrogen-bond acceptors (Lipinski definition) is 10. The Morgan fingerprint density at radius 2 is 1.73 bits per heavy atom. The van der Waals surface area contributed by atoms with Crippen LogP contribution in [0.4, 0.5) is 13.6 Å². The van der Waals surface area contributed by atoms with Crippen molar-refractivity contribution in [2.75, 3.05) is 6.61 Å². The first-order chi connectivity index (χ1) is 27.7. The lowest BCUT2D eigenvalue weighted by Crippen LogP contribution is -2.65. The van der Waals surface area contributed by atoms with Crippen LogP contribution in [0.1, 0.15) is 106 Å². The minimum absolute atomic E-state index is 0.0250. The molecule has 15 nitrogen and oxygen atoms in total. The van der Waals surface area contributed by atoms with Crippen LogP contribution < -0.4 is 19.5 Å². The Kier molecular flexibility index (Phi) is 12.0. The number of nitrogens with one attached hydrogen (secondary N) is 2. The predicted molar refractivity (Wildman–Crippen MR) is 213 cm³/mol. The Bertz CT molecular complexity index is 2120. The minimum Gasteiger partial charge on any atom is -0.476 e. The number of rotatable bonds is 11. The van der Waals surface area contributed by atoms with Crippen molar-refractivity contribution < 1.29 is 51.0 Å². The average molecular weight is 847 g/mol. The number of alkyl halides is 2. The average Bonchev–Trinajstić information content (AvgIpc) is 4.09. The molecule has 2 aliphatic heterocycles. The van der Waals surface area contributed by atoms with Crippen LogP contribution in [0.15, 0.2) is 36.4 Å². The van der Waals surface area contributed by atoms with Crippen molar-refractivity contribution in [2.24, 2.45) is 17.8 Å². The molecule has 1 unspecified atom stereocenters. The molecule has 0 spiro atoms. The van der Waals surface area contributed by atoms with Crippen LogP contribution in [-0.4, -0.2) is 104 Å². The number of aromatic nitrogens is 2. The summed E-state index contributed by atoms with van der Waals surface area (Å²) >= 11 is 0. The van der Waals surface area contributed by atoms with E-state index in [1.54, 1.807) is 58.0 Å². The van der Waals surface area contributed by atoms with Gasteiger partial charge in [-0.2, -0.15) is 8.78 Å². The van der Waals surface area contributed by atoms with Crippen LogP contribution in [0, 0.1) is 17.8 Å². The van der Waals surface area contributed by atoms with Crippen molar-refractivity contribution in [1.82, 2.24) is 30.0 Å². The number of amides is 4. The van der Waals surface area contributed by atoms with Crippen molar-refractivity contribution in [2.45, 2.75) is 146 Å². The van der Waals surface area contributed by atoms with E-state index in [1.165, 1.54) is 6.92 Å². The molecule has 0 radical (unpaired) electrons. The number of allylic oxidation sites excluding steroid dienone is 1. The zero-order valence-electron chi connectivity index (χ0n) is 34.7. The maximum absolute atomic E-state index is 17.7. The molecule has 6 rings (SSSR count). The highest BCUT2D eigenvalue weighted by molar-refractivity contribution is 7.91. The first-order valence-corrected chi connectivity index (χ1v) is 22.0. The van der Waals surface area contributed by atoms with Gasteiger partial charge in [-0.1, -0.05) is 51.5 Å². The van der Waals surface area contributed by atoms with Gasteiger partial charge in [0.15, 0.2) is 5.60 Å². The van der Waals surface area contributed by atoms with Gasteiger partial charge in [-0.25, -0.2) is 13.2 Å². The zero-order chi connectivity index (χ0) is 43.3. The molecule has 18 heteroatoms. The molecule has 4 amide bonds. The summed E-state index contributed by atoms with van der Waals surface area (Å²) in [6, 6.07) is -2.17. The number of halogens is 2. The molecule has 0 bridgehead atoms. The SMILES string of the molecule is CCOc1nnc(O[C@]2(C)C[C@H]3C(=O)N[C@]4(C(=O)NS(=O)(=O)C5(C)CC5)C[C@H]4/C=C\CC[C@@H](C)C[C@@H](CC)[C@H](N(C(=O)O)C(C)CC)C(=O)N3C2(F)F)c2ccccc12. The van der Waals surface area contributed by atoms with E-state index in [9.17, 15) is 27.9 Å². The fourth-order valence-electron chi connectivity index (χ4n) is 8.55. The van der Waals surface area contributed by atoms with Gasteiger partial charge in [0.1, 0.15) is 17.6 Å². The van der Waals surface area contributed by atoms with Gasteiger partial charge in [-0.15, -0.1) is 10.2 Å². The first-order valence-electron chi connectivity index (χ1n) is 20.6. The normalized spacial score (nSPS) is 31.3. The third kappa shape index (κ3) is 7.92. The maximum Gasteiger partial charge on any atom is 0.408 e. The molecule has 324 valence electrons. The van der Waals surface area contributed by atoms with Crippen LogP contribution in [-0.2, 0) is 24.4 Å². The smallest absolute Gasteiger partial charge is 0.408 e. The highest BCUT2D eigenvalue weighted by Gasteiger charge is 2.71. The Morgan fingerprint density at radius 3 is 2.32 bits per heavy atom. The van der Waals surface area contributed by atoms with Crippen LogP contribution in [0.5, 0.6) is 11.8 Å². The van der Waals surface area contributed by atoms with Gasteiger partial charge in [0.05, 0.1) is 22.1 Å². The van der Waals surface area contributed by atoms with Gasteiger partial charge in [-0.3, -0.25) is 28.9 Å². The Morgan fingerprint density at radius 1 is 1.08 bits per heavy atom. The summed E-state index contributed by atoms with van der Waals surface area (Å²) in [6.45, 7) is 11.6. The molecule has 3 fully saturated rings. The van der Waals surface area contributed by atoms with Gasteiger partial charge in [0.25, 0.3) is 11.8 Å². The lowest BCUT2D eigenvalue weighted by molar-refractivity contribution is -0.219. The number of hydrogen-bond donors (Lipinski definition) is 3. The highest BCUT2D eigenvalue weighted by atomic mass is 32.2. The molecular formula is C41H56F2N6O9S. The molecule has 59 heavy (non-hydrogen) atoms. The van der Waals surface area contributed by atoms with E-state index in [4.69, 9.17) is 9.47 Å². The third-order valence-electron chi connectivity index (χ3n) is 12.9. The van der Waals surface area contributed by atoms with Crippen LogP contribution >= 0.6 is 0 Å². The number of ether oxygens (including phenoxy) is 2. The van der Waals surface area contributed by atoms with E-state index in [0.717, 1.165) is 11.8 Å². The minimum atomic E-state index is -4.30. The largest absolute Gasteiger partial charge is 0.476 e. The predicted octanol–water partition coefficient (Wildman–Crippen LogP) is 5.78. The summed E-state index contributed by atoms with van der Waals surface area (Å²) in [4.78, 5) is 58.1. The second-order valence-electron chi connectivity index (χ2n) is 17.2. The second-order valence-corrected chi connectivity index (χ2v) is 19.4. The molecule has 2 aromatic rings. The molecule has 3 heterocycles. The van der Waals surface area contributed by atoms with Crippen LogP contribution in [0.25, 0.3) is 10.8 Å². The van der Waals surface area contributed by atoms with Crippen molar-refractivity contribution in [3.63, 3.8) is 0 Å². The van der Waals surface area contributed by atoms with Gasteiger partial charge >= 0.3 is 12.1 Å². The number of carboxylic acid groups (broad SMARTS) is 1. The van der Waals surface area contributed by atoms with Gasteiger partial charge in [0.2, 0.25) is 27.7 Å². The standard InChI is InChI=1S/C41H56F2N6O9S/c1-8-25(5)48(37(53)54)31-26(9-2)21-24(4)15-11-12-16-27-22-40(27,36(52)47-59(55,56)38(6)19-20-38)44-32(50)30-23-39(7,41(42,43)49(30)35(31)51)58-34-29-18-14-13-17-28(29)33(45-46-34)57-10-3/h12-14,16-18,24-27,30-31H,8-11,15,19-23H2,1-7H3,(H,44,50)(H,47,52)(H,53,54)/b16-12-/t24-,25?,26-,27-,30+,31+,39-,40-/m1/s1. The number of carbonyl (C=O) groups excluding carboxylic acids is 3. The molecule has 2 aliphatic carbocycles. The summed E-state index contributed by atoms with van der Waals surface area (Å²) in [7, 11) is -4.17. The fraction of sp³-hybridized carbons (Fsp3) is 0.659. The summed E-state index contributed by atoms with van der Waals surface area (Å²) in [5, 5.41) is 22.1. The first kappa shape index (κ1) is 44.0. The number of nitrogens with zero attached hydrogens (tertiary/aromatic N) is 4. The van der Waals surface area contributed by atoms with E-state index in [1.807, 2.05) is 13.0 Å².